The molecule has 0 spiro atoms. The molecule has 0 aliphatic rings. The Balaban J connectivity index is 2.75. The number of pyridine rings is 1. The molecule has 0 amide bonds. The fourth-order valence-corrected chi connectivity index (χ4v) is 2.23. The molecule has 17 heavy (non-hydrogen) atoms. The third kappa shape index (κ3) is 4.43. The molecule has 0 aromatic carbocycles. The molecule has 0 saturated heterocycles. The minimum atomic E-state index is 0.117. The Bertz CT molecular complexity index is 402. The van der Waals surface area contributed by atoms with Crippen LogP contribution < -0.4 is 5.32 Å². The summed E-state index contributed by atoms with van der Waals surface area (Å²) < 4.78 is 0. The minimum Gasteiger partial charge on any atom is -0.396 e. The molecule has 0 radical (unpaired) electrons. The number of rotatable bonds is 6. The van der Waals surface area contributed by atoms with Crippen LogP contribution in [0.5, 0.6) is 0 Å². The zero-order chi connectivity index (χ0) is 12.7. The van der Waals surface area contributed by atoms with Gasteiger partial charge in [-0.15, -0.1) is 0 Å². The quantitative estimate of drug-likeness (QED) is 0.830. The first-order valence-electron chi connectivity index (χ1n) is 5.13. The number of hydrogen-bond acceptors (Lipinski definition) is 5. The number of anilines is 1. The van der Waals surface area contributed by atoms with E-state index in [1.165, 1.54) is 6.20 Å². The number of halogens is 1. The Morgan fingerprint density at radius 1 is 1.71 bits per heavy atom. The molecule has 0 saturated carbocycles. The molecule has 1 aromatic heterocycles. The highest BCUT2D eigenvalue weighted by molar-refractivity contribution is 7.98. The van der Waals surface area contributed by atoms with Gasteiger partial charge in [-0.05, 0) is 18.7 Å². The first kappa shape index (κ1) is 14.1. The van der Waals surface area contributed by atoms with E-state index in [0.717, 1.165) is 5.75 Å². The van der Waals surface area contributed by atoms with Crippen molar-refractivity contribution < 1.29 is 5.11 Å². The molecule has 1 heterocycles. The van der Waals surface area contributed by atoms with Gasteiger partial charge in [-0.2, -0.15) is 17.0 Å². The monoisotopic (exact) mass is 271 g/mol. The molecule has 1 aromatic rings. The normalized spacial score (nSPS) is 11.9. The maximum atomic E-state index is 8.95. The van der Waals surface area contributed by atoms with Crippen molar-refractivity contribution in [2.75, 3.05) is 23.9 Å². The molecule has 6 heteroatoms. The van der Waals surface area contributed by atoms with Crippen molar-refractivity contribution in [2.24, 2.45) is 0 Å². The lowest BCUT2D eigenvalue weighted by Gasteiger charge is -2.17. The highest BCUT2D eigenvalue weighted by atomic mass is 35.5. The van der Waals surface area contributed by atoms with Crippen molar-refractivity contribution >= 4 is 29.2 Å². The van der Waals surface area contributed by atoms with Gasteiger partial charge < -0.3 is 10.4 Å². The Hall–Kier alpha value is -0.960. The standard InChI is InChI=1S/C11H14ClN3OS/c1-17-7-9(2-3-16)15-11-10(12)4-8(5-13)6-14-11/h4,6,9,16H,2-3,7H2,1H3,(H,14,15)/t9-/m1/s1. The average Bonchev–Trinajstić information content (AvgIpc) is 2.32. The molecule has 0 aliphatic carbocycles. The number of thioether (sulfide) groups is 1. The second kappa shape index (κ2) is 7.38. The Morgan fingerprint density at radius 3 is 3.00 bits per heavy atom. The van der Waals surface area contributed by atoms with Crippen LogP contribution in [-0.4, -0.2) is 34.7 Å². The van der Waals surface area contributed by atoms with Crippen LogP contribution in [0.15, 0.2) is 12.3 Å². The third-order valence-corrected chi connectivity index (χ3v) is 3.18. The summed E-state index contributed by atoms with van der Waals surface area (Å²) in [5, 5.41) is 21.2. The van der Waals surface area contributed by atoms with Gasteiger partial charge in [0.05, 0.1) is 10.6 Å². The van der Waals surface area contributed by atoms with E-state index in [1.807, 2.05) is 12.3 Å². The highest BCUT2D eigenvalue weighted by Crippen LogP contribution is 2.21. The summed E-state index contributed by atoms with van der Waals surface area (Å²) in [7, 11) is 0. The van der Waals surface area contributed by atoms with Gasteiger partial charge in [0.2, 0.25) is 0 Å². The molecule has 0 unspecified atom stereocenters. The summed E-state index contributed by atoms with van der Waals surface area (Å²) in [5.74, 6) is 1.41. The van der Waals surface area contributed by atoms with Crippen molar-refractivity contribution in [3.8, 4) is 6.07 Å². The van der Waals surface area contributed by atoms with Crippen molar-refractivity contribution in [2.45, 2.75) is 12.5 Å². The van der Waals surface area contributed by atoms with E-state index < -0.39 is 0 Å². The lowest BCUT2D eigenvalue weighted by atomic mass is 10.2. The second-order valence-electron chi connectivity index (χ2n) is 3.48. The molecule has 1 atom stereocenters. The van der Waals surface area contributed by atoms with Gasteiger partial charge in [0, 0.05) is 24.6 Å². The molecule has 0 fully saturated rings. The van der Waals surface area contributed by atoms with Crippen LogP contribution in [0.1, 0.15) is 12.0 Å². The number of nitrogens with one attached hydrogen (secondary N) is 1. The van der Waals surface area contributed by atoms with Crippen LogP contribution in [0.25, 0.3) is 0 Å². The molecule has 0 bridgehead atoms. The van der Waals surface area contributed by atoms with Crippen molar-refractivity contribution in [1.29, 1.82) is 5.26 Å². The predicted octanol–water partition coefficient (Wildman–Crippen LogP) is 2.13. The van der Waals surface area contributed by atoms with Gasteiger partial charge in [-0.25, -0.2) is 4.98 Å². The van der Waals surface area contributed by atoms with E-state index in [4.69, 9.17) is 22.0 Å². The summed E-state index contributed by atoms with van der Waals surface area (Å²) in [6.07, 6.45) is 4.11. The molecular weight excluding hydrogens is 258 g/mol. The molecule has 0 aliphatic heterocycles. The van der Waals surface area contributed by atoms with E-state index in [1.54, 1.807) is 17.8 Å². The summed E-state index contributed by atoms with van der Waals surface area (Å²) in [5.41, 5.74) is 0.434. The van der Waals surface area contributed by atoms with Gasteiger partial charge in [-0.1, -0.05) is 11.6 Å². The van der Waals surface area contributed by atoms with E-state index in [-0.39, 0.29) is 12.6 Å². The van der Waals surface area contributed by atoms with Crippen LogP contribution >= 0.6 is 23.4 Å². The maximum absolute atomic E-state index is 8.95. The van der Waals surface area contributed by atoms with E-state index in [0.29, 0.717) is 22.8 Å². The van der Waals surface area contributed by atoms with Crippen LogP contribution in [-0.2, 0) is 0 Å². The fraction of sp³-hybridized carbons (Fsp3) is 0.455. The number of aromatic nitrogens is 1. The molecule has 1 rings (SSSR count). The van der Waals surface area contributed by atoms with Gasteiger partial charge >= 0.3 is 0 Å². The third-order valence-electron chi connectivity index (χ3n) is 2.16. The summed E-state index contributed by atoms with van der Waals surface area (Å²) in [4.78, 5) is 4.10. The number of aliphatic hydroxyl groups excluding tert-OH is 1. The zero-order valence-electron chi connectivity index (χ0n) is 9.48. The van der Waals surface area contributed by atoms with E-state index in [9.17, 15) is 0 Å². The van der Waals surface area contributed by atoms with Gasteiger partial charge in [0.25, 0.3) is 0 Å². The van der Waals surface area contributed by atoms with Gasteiger partial charge in [0.15, 0.2) is 0 Å². The topological polar surface area (TPSA) is 68.9 Å². The van der Waals surface area contributed by atoms with Crippen LogP contribution in [0.3, 0.4) is 0 Å². The lowest BCUT2D eigenvalue weighted by Crippen LogP contribution is -2.24. The van der Waals surface area contributed by atoms with Crippen LogP contribution in [0.4, 0.5) is 5.82 Å². The zero-order valence-corrected chi connectivity index (χ0v) is 11.1. The maximum Gasteiger partial charge on any atom is 0.145 e. The van der Waals surface area contributed by atoms with Crippen molar-refractivity contribution in [3.05, 3.63) is 22.8 Å². The molecular formula is C11H14ClN3OS. The minimum absolute atomic E-state index is 0.117. The smallest absolute Gasteiger partial charge is 0.145 e. The van der Waals surface area contributed by atoms with Gasteiger partial charge in [0.1, 0.15) is 11.9 Å². The number of nitrogens with zero attached hydrogens (tertiary/aromatic N) is 2. The number of nitriles is 1. The predicted molar refractivity (Wildman–Crippen MR) is 71.5 cm³/mol. The Labute approximate surface area is 110 Å². The summed E-state index contributed by atoms with van der Waals surface area (Å²) >= 11 is 7.69. The largest absolute Gasteiger partial charge is 0.396 e. The van der Waals surface area contributed by atoms with Crippen LogP contribution in [0.2, 0.25) is 5.02 Å². The summed E-state index contributed by atoms with van der Waals surface area (Å²) in [6.45, 7) is 0.117. The van der Waals surface area contributed by atoms with Crippen molar-refractivity contribution in [1.82, 2.24) is 4.98 Å². The molecule has 4 nitrogen and oxygen atoms in total. The Kier molecular flexibility index (Phi) is 6.12. The lowest BCUT2D eigenvalue weighted by molar-refractivity contribution is 0.282. The van der Waals surface area contributed by atoms with Crippen LogP contribution in [0, 0.1) is 11.3 Å². The summed E-state index contributed by atoms with van der Waals surface area (Å²) in [6, 6.07) is 3.67. The Morgan fingerprint density at radius 2 is 2.47 bits per heavy atom. The highest BCUT2D eigenvalue weighted by Gasteiger charge is 2.10. The fourth-order valence-electron chi connectivity index (χ4n) is 1.35. The first-order valence-corrected chi connectivity index (χ1v) is 6.90. The molecule has 2 N–H and O–H groups in total. The van der Waals surface area contributed by atoms with E-state index in [2.05, 4.69) is 10.3 Å². The first-order chi connectivity index (χ1) is 8.21. The molecule has 92 valence electrons. The SMILES string of the molecule is CSC[C@@H](CCO)Nc1ncc(C#N)cc1Cl. The number of aliphatic hydroxyl groups is 1. The van der Waals surface area contributed by atoms with Crippen molar-refractivity contribution in [3.63, 3.8) is 0 Å². The van der Waals surface area contributed by atoms with E-state index >= 15 is 0 Å². The number of hydrogen-bond donors (Lipinski definition) is 2. The second-order valence-corrected chi connectivity index (χ2v) is 4.79. The van der Waals surface area contributed by atoms with Gasteiger partial charge in [-0.3, -0.25) is 0 Å². The average molecular weight is 272 g/mol.